The molecule has 0 saturated carbocycles. The maximum Gasteiger partial charge on any atom is 0.263 e. The Balaban J connectivity index is 1.51. The minimum absolute atomic E-state index is 0.287. The first-order chi connectivity index (χ1) is 15.7. The zero-order chi connectivity index (χ0) is 23.9. The lowest BCUT2D eigenvalue weighted by Crippen LogP contribution is -2.43. The van der Waals surface area contributed by atoms with E-state index in [0.29, 0.717) is 22.9 Å². The summed E-state index contributed by atoms with van der Waals surface area (Å²) in [5.74, 6) is -0.693. The van der Waals surface area contributed by atoms with Crippen LogP contribution < -0.4 is 19.7 Å². The molecule has 2 aliphatic heterocycles. The highest BCUT2D eigenvalue weighted by Crippen LogP contribution is 2.36. The van der Waals surface area contributed by atoms with Gasteiger partial charge in [-0.3, -0.25) is 19.4 Å². The van der Waals surface area contributed by atoms with Crippen molar-refractivity contribution in [3.8, 4) is 11.5 Å². The van der Waals surface area contributed by atoms with Gasteiger partial charge in [0.25, 0.3) is 11.8 Å². The number of nitrogens with one attached hydrogen (secondary N) is 1. The smallest absolute Gasteiger partial charge is 0.263 e. The third-order valence-corrected chi connectivity index (χ3v) is 5.96. The summed E-state index contributed by atoms with van der Waals surface area (Å²) in [4.78, 5) is 39.8. The summed E-state index contributed by atoms with van der Waals surface area (Å²) in [7, 11) is 2.91. The maximum atomic E-state index is 13.1. The summed E-state index contributed by atoms with van der Waals surface area (Å²) < 4.78 is 10.4. The second kappa shape index (κ2) is 8.70. The molecule has 4 rings (SSSR count). The van der Waals surface area contributed by atoms with Crippen molar-refractivity contribution >= 4 is 40.7 Å². The van der Waals surface area contributed by atoms with Gasteiger partial charge < -0.3 is 14.8 Å². The number of amides is 3. The number of benzene rings is 2. The number of ether oxygens (including phenoxy) is 2. The van der Waals surface area contributed by atoms with Gasteiger partial charge in [0.15, 0.2) is 12.1 Å². The quantitative estimate of drug-likeness (QED) is 0.648. The van der Waals surface area contributed by atoms with Gasteiger partial charge in [0, 0.05) is 6.07 Å². The third-order valence-electron chi connectivity index (χ3n) is 5.66. The summed E-state index contributed by atoms with van der Waals surface area (Å²) in [6, 6.07) is 6.41. The van der Waals surface area contributed by atoms with Crippen molar-refractivity contribution in [2.75, 3.05) is 31.0 Å². The van der Waals surface area contributed by atoms with Gasteiger partial charge in [0.1, 0.15) is 18.0 Å². The van der Waals surface area contributed by atoms with E-state index in [4.69, 9.17) is 21.1 Å². The molecule has 10 nitrogen and oxygen atoms in total. The van der Waals surface area contributed by atoms with Gasteiger partial charge >= 0.3 is 0 Å². The Labute approximate surface area is 195 Å². The highest BCUT2D eigenvalue weighted by atomic mass is 35.5. The number of fused-ring (bicyclic) bond motifs is 1. The molecule has 0 bridgehead atoms. The molecule has 1 saturated heterocycles. The monoisotopic (exact) mass is 471 g/mol. The highest BCUT2D eigenvalue weighted by Gasteiger charge is 2.55. The summed E-state index contributed by atoms with van der Waals surface area (Å²) in [6.45, 7) is 3.55. The molecule has 0 spiro atoms. The van der Waals surface area contributed by atoms with Gasteiger partial charge in [-0.1, -0.05) is 22.9 Å². The lowest BCUT2D eigenvalue weighted by molar-refractivity contribution is -0.123. The van der Waals surface area contributed by atoms with Gasteiger partial charge in [-0.15, -0.1) is 0 Å². The molecule has 0 radical (unpaired) electrons. The molecular formula is C22H22ClN5O5. The standard InChI is InChI=1S/C22H22ClN5O5/c1-11-5-6-13(7-12(11)2)28-21(30)19-20(22(28)31)27(26-25-19)10-18(29)24-15-8-14(23)16(32-3)9-17(15)33-4/h5-9,19-20H,10H2,1-4H3,(H,24,29)/t19-,20-/m0/s1. The van der Waals surface area contributed by atoms with Crippen LogP contribution in [0.15, 0.2) is 40.7 Å². The normalized spacial score (nSPS) is 19.2. The average molecular weight is 472 g/mol. The fourth-order valence-corrected chi connectivity index (χ4v) is 4.01. The highest BCUT2D eigenvalue weighted by molar-refractivity contribution is 6.32. The van der Waals surface area contributed by atoms with Crippen molar-refractivity contribution in [1.82, 2.24) is 5.01 Å². The van der Waals surface area contributed by atoms with Crippen molar-refractivity contribution in [3.05, 3.63) is 46.5 Å². The molecule has 2 atom stereocenters. The van der Waals surface area contributed by atoms with Crippen molar-refractivity contribution in [2.45, 2.75) is 25.9 Å². The number of nitrogens with zero attached hydrogens (tertiary/aromatic N) is 4. The molecule has 0 aliphatic carbocycles. The van der Waals surface area contributed by atoms with Crippen molar-refractivity contribution in [1.29, 1.82) is 0 Å². The number of carbonyl (C=O) groups excluding carboxylic acids is 3. The molecule has 0 unspecified atom stereocenters. The van der Waals surface area contributed by atoms with E-state index < -0.39 is 29.8 Å². The number of anilines is 2. The molecule has 172 valence electrons. The molecule has 33 heavy (non-hydrogen) atoms. The average Bonchev–Trinajstić information content (AvgIpc) is 3.30. The Bertz CT molecular complexity index is 1180. The molecular weight excluding hydrogens is 450 g/mol. The minimum Gasteiger partial charge on any atom is -0.495 e. The largest absolute Gasteiger partial charge is 0.495 e. The number of hydrogen-bond donors (Lipinski definition) is 1. The predicted molar refractivity (Wildman–Crippen MR) is 121 cm³/mol. The van der Waals surface area contributed by atoms with Gasteiger partial charge in [-0.2, -0.15) is 5.11 Å². The lowest BCUT2D eigenvalue weighted by atomic mass is 10.1. The van der Waals surface area contributed by atoms with E-state index in [2.05, 4.69) is 15.7 Å². The molecule has 2 aliphatic rings. The van der Waals surface area contributed by atoms with Crippen LogP contribution in [0, 0.1) is 13.8 Å². The van der Waals surface area contributed by atoms with E-state index >= 15 is 0 Å². The SMILES string of the molecule is COc1cc(OC)c(NC(=O)CN2N=N[C@@H]3C(=O)N(c4ccc(C)c(C)c4)C(=O)[C@H]32)cc1Cl. The third kappa shape index (κ3) is 3.97. The maximum absolute atomic E-state index is 13.1. The Morgan fingerprint density at radius 1 is 1.06 bits per heavy atom. The molecule has 0 aromatic heterocycles. The first-order valence-corrected chi connectivity index (χ1v) is 10.5. The first kappa shape index (κ1) is 22.5. The first-order valence-electron chi connectivity index (χ1n) is 10.1. The zero-order valence-electron chi connectivity index (χ0n) is 18.5. The van der Waals surface area contributed by atoms with Crippen LogP contribution in [0.1, 0.15) is 11.1 Å². The van der Waals surface area contributed by atoms with Crippen molar-refractivity contribution < 1.29 is 23.9 Å². The van der Waals surface area contributed by atoms with E-state index in [0.717, 1.165) is 16.0 Å². The Morgan fingerprint density at radius 3 is 2.45 bits per heavy atom. The second-order valence-corrected chi connectivity index (χ2v) is 8.12. The Morgan fingerprint density at radius 2 is 1.79 bits per heavy atom. The van der Waals surface area contributed by atoms with Gasteiger partial charge in [0.2, 0.25) is 5.91 Å². The fraction of sp³-hybridized carbons (Fsp3) is 0.318. The van der Waals surface area contributed by atoms with E-state index in [9.17, 15) is 14.4 Å². The number of imide groups is 1. The summed E-state index contributed by atoms with van der Waals surface area (Å²) in [5, 5.41) is 12.0. The van der Waals surface area contributed by atoms with Crippen LogP contribution in [0.5, 0.6) is 11.5 Å². The number of hydrogen-bond acceptors (Lipinski definition) is 8. The molecule has 2 aromatic rings. The Kier molecular flexibility index (Phi) is 5.94. The molecule has 1 N–H and O–H groups in total. The lowest BCUT2D eigenvalue weighted by Gasteiger charge is -2.21. The molecule has 2 heterocycles. The summed E-state index contributed by atoms with van der Waals surface area (Å²) >= 11 is 6.15. The number of carbonyl (C=O) groups is 3. The molecule has 3 amide bonds. The topological polar surface area (TPSA) is 113 Å². The summed E-state index contributed by atoms with van der Waals surface area (Å²) in [6.07, 6.45) is 0. The van der Waals surface area contributed by atoms with E-state index in [1.54, 1.807) is 18.2 Å². The van der Waals surface area contributed by atoms with Crippen LogP contribution in [-0.2, 0) is 14.4 Å². The molecule has 1 fully saturated rings. The van der Waals surface area contributed by atoms with E-state index in [1.807, 2.05) is 19.9 Å². The molecule has 2 aromatic carbocycles. The van der Waals surface area contributed by atoms with Gasteiger partial charge in [0.05, 0.1) is 30.6 Å². The number of halogens is 1. The van der Waals surface area contributed by atoms with E-state index in [-0.39, 0.29) is 11.6 Å². The van der Waals surface area contributed by atoms with Crippen LogP contribution in [0.3, 0.4) is 0 Å². The van der Waals surface area contributed by atoms with Crippen LogP contribution in [0.4, 0.5) is 11.4 Å². The second-order valence-electron chi connectivity index (χ2n) is 7.71. The Hall–Kier alpha value is -3.66. The zero-order valence-corrected chi connectivity index (χ0v) is 19.2. The molecule has 11 heteroatoms. The van der Waals surface area contributed by atoms with Gasteiger partial charge in [-0.25, -0.2) is 4.90 Å². The minimum atomic E-state index is -0.989. The van der Waals surface area contributed by atoms with Crippen LogP contribution >= 0.6 is 11.6 Å². The summed E-state index contributed by atoms with van der Waals surface area (Å²) in [5.41, 5.74) is 2.80. The fourth-order valence-electron chi connectivity index (χ4n) is 3.77. The van der Waals surface area contributed by atoms with Crippen molar-refractivity contribution in [3.63, 3.8) is 0 Å². The van der Waals surface area contributed by atoms with E-state index in [1.165, 1.54) is 25.3 Å². The van der Waals surface area contributed by atoms with Gasteiger partial charge in [-0.05, 0) is 43.2 Å². The number of rotatable bonds is 6. The number of aryl methyl sites for hydroxylation is 2. The van der Waals surface area contributed by atoms with Crippen LogP contribution in [0.2, 0.25) is 5.02 Å². The van der Waals surface area contributed by atoms with Crippen LogP contribution in [0.25, 0.3) is 0 Å². The predicted octanol–water partition coefficient (Wildman–Crippen LogP) is 2.91. The van der Waals surface area contributed by atoms with Crippen molar-refractivity contribution in [2.24, 2.45) is 10.3 Å². The number of methoxy groups -OCH3 is 2. The van der Waals surface area contributed by atoms with Crippen LogP contribution in [-0.4, -0.2) is 55.6 Å².